The minimum absolute atomic E-state index is 0.0329. The maximum atomic E-state index is 16.4. The minimum Gasteiger partial charge on any atom is -0.389 e. The van der Waals surface area contributed by atoms with Crippen LogP contribution in [0, 0.1) is 28.9 Å². The van der Waals surface area contributed by atoms with E-state index in [0.29, 0.717) is 32.9 Å². The van der Waals surface area contributed by atoms with E-state index in [0.717, 1.165) is 31.6 Å². The highest BCUT2D eigenvalue weighted by Crippen LogP contribution is 2.46. The monoisotopic (exact) mass is 506 g/mol. The molecule has 1 atom stereocenters. The lowest BCUT2D eigenvalue weighted by molar-refractivity contribution is 0.135. The third-order valence-corrected chi connectivity index (χ3v) is 8.06. The number of nitrogen functional groups attached to an aromatic ring is 1. The molecule has 0 spiro atoms. The molecule has 2 N–H and O–H groups in total. The summed E-state index contributed by atoms with van der Waals surface area (Å²) >= 11 is 1.19. The molecule has 0 radical (unpaired) electrons. The summed E-state index contributed by atoms with van der Waals surface area (Å²) in [5.74, 6) is -0.316. The number of fused-ring (bicyclic) bond motifs is 4. The molecule has 0 aliphatic carbocycles. The summed E-state index contributed by atoms with van der Waals surface area (Å²) in [6.07, 6.45) is 2.66. The van der Waals surface area contributed by atoms with E-state index in [9.17, 15) is 5.26 Å². The van der Waals surface area contributed by atoms with Gasteiger partial charge in [0.2, 0.25) is 5.95 Å². The summed E-state index contributed by atoms with van der Waals surface area (Å²) in [5, 5.41) is 10.9. The molecule has 0 bridgehead atoms. The van der Waals surface area contributed by atoms with Gasteiger partial charge in [-0.3, -0.25) is 0 Å². The number of aromatic nitrogens is 2. The fourth-order valence-corrected chi connectivity index (χ4v) is 6.47. The Labute approximate surface area is 210 Å². The SMILES string of the molecule is CN(C)CC1CCN(c2ncc3c4c(c(-c5c(F)ccc6sc(N)c(C#N)c56)c(F)c3n2)COC4)C1. The number of nitrogens with zero attached hydrogens (tertiary/aromatic N) is 5. The number of nitrogens with two attached hydrogens (primary N) is 1. The van der Waals surface area contributed by atoms with Crippen molar-refractivity contribution in [3.05, 3.63) is 46.7 Å². The highest BCUT2D eigenvalue weighted by molar-refractivity contribution is 7.23. The van der Waals surface area contributed by atoms with Gasteiger partial charge in [0.1, 0.15) is 22.4 Å². The van der Waals surface area contributed by atoms with E-state index < -0.39 is 11.6 Å². The van der Waals surface area contributed by atoms with Crippen LogP contribution in [0.5, 0.6) is 0 Å². The third-order valence-electron chi connectivity index (χ3n) is 7.07. The lowest BCUT2D eigenvalue weighted by atomic mass is 9.90. The fourth-order valence-electron chi connectivity index (χ4n) is 5.54. The Hall–Kier alpha value is -3.39. The number of anilines is 2. The van der Waals surface area contributed by atoms with Crippen molar-refractivity contribution in [2.24, 2.45) is 5.92 Å². The average molecular weight is 507 g/mol. The van der Waals surface area contributed by atoms with Gasteiger partial charge in [-0.05, 0) is 49.7 Å². The summed E-state index contributed by atoms with van der Waals surface area (Å²) in [6, 6.07) is 4.94. The first-order valence-electron chi connectivity index (χ1n) is 11.8. The lowest BCUT2D eigenvalue weighted by Gasteiger charge is -2.20. The number of hydrogen-bond acceptors (Lipinski definition) is 8. The van der Waals surface area contributed by atoms with Crippen molar-refractivity contribution in [1.29, 1.82) is 5.26 Å². The van der Waals surface area contributed by atoms with Crippen LogP contribution < -0.4 is 10.6 Å². The van der Waals surface area contributed by atoms with Gasteiger partial charge < -0.3 is 20.3 Å². The van der Waals surface area contributed by atoms with Crippen molar-refractivity contribution in [2.75, 3.05) is 44.4 Å². The largest absolute Gasteiger partial charge is 0.389 e. The van der Waals surface area contributed by atoms with Crippen molar-refractivity contribution in [1.82, 2.24) is 14.9 Å². The van der Waals surface area contributed by atoms with Crippen LogP contribution >= 0.6 is 11.3 Å². The second-order valence-electron chi connectivity index (χ2n) is 9.68. The fraction of sp³-hybridized carbons (Fsp3) is 0.346. The highest BCUT2D eigenvalue weighted by atomic mass is 32.1. The van der Waals surface area contributed by atoms with Gasteiger partial charge in [0.15, 0.2) is 5.82 Å². The Morgan fingerprint density at radius 3 is 2.83 bits per heavy atom. The molecule has 4 heterocycles. The summed E-state index contributed by atoms with van der Waals surface area (Å²) in [5.41, 5.74) is 7.78. The molecule has 1 saturated heterocycles. The lowest BCUT2D eigenvalue weighted by Crippen LogP contribution is -2.26. The second-order valence-corrected chi connectivity index (χ2v) is 10.8. The molecule has 6 rings (SSSR count). The van der Waals surface area contributed by atoms with Gasteiger partial charge in [0.05, 0.1) is 18.8 Å². The standard InChI is InChI=1S/C26H24F2N6OS/c1-33(2)9-13-5-6-34(10-13)26-31-8-15-16-11-35-12-17(16)21(23(28)24(15)32-26)22-18(27)3-4-19-20(22)14(7-29)25(30)36-19/h3-4,8,13H,5-6,9-12,30H2,1-2H3. The maximum absolute atomic E-state index is 16.4. The highest BCUT2D eigenvalue weighted by Gasteiger charge is 2.31. The molecule has 4 aromatic rings. The number of hydrogen-bond donors (Lipinski definition) is 1. The van der Waals surface area contributed by atoms with Crippen LogP contribution in [-0.4, -0.2) is 48.6 Å². The van der Waals surface area contributed by atoms with Crippen molar-refractivity contribution in [3.8, 4) is 17.2 Å². The van der Waals surface area contributed by atoms with Crippen molar-refractivity contribution in [2.45, 2.75) is 19.6 Å². The van der Waals surface area contributed by atoms with Crippen LogP contribution in [0.15, 0.2) is 18.3 Å². The summed E-state index contributed by atoms with van der Waals surface area (Å²) in [4.78, 5) is 13.5. The van der Waals surface area contributed by atoms with Crippen molar-refractivity contribution >= 4 is 43.3 Å². The molecule has 10 heteroatoms. The van der Waals surface area contributed by atoms with Gasteiger partial charge in [-0.1, -0.05) is 0 Å². The van der Waals surface area contributed by atoms with E-state index in [2.05, 4.69) is 25.8 Å². The first-order chi connectivity index (χ1) is 17.4. The molecule has 184 valence electrons. The van der Waals surface area contributed by atoms with Crippen LogP contribution in [0.1, 0.15) is 23.1 Å². The zero-order valence-corrected chi connectivity index (χ0v) is 20.8. The Bertz CT molecular complexity index is 1580. The van der Waals surface area contributed by atoms with E-state index in [1.807, 2.05) is 14.1 Å². The summed E-state index contributed by atoms with van der Waals surface area (Å²) in [7, 11) is 4.10. The van der Waals surface area contributed by atoms with E-state index in [4.69, 9.17) is 10.5 Å². The maximum Gasteiger partial charge on any atom is 0.225 e. The van der Waals surface area contributed by atoms with E-state index >= 15 is 8.78 Å². The normalized spacial score (nSPS) is 17.4. The molecule has 2 aliphatic heterocycles. The number of rotatable bonds is 4. The van der Waals surface area contributed by atoms with Gasteiger partial charge in [-0.25, -0.2) is 18.7 Å². The first-order valence-corrected chi connectivity index (χ1v) is 12.6. The molecule has 36 heavy (non-hydrogen) atoms. The second kappa shape index (κ2) is 8.62. The molecular weight excluding hydrogens is 482 g/mol. The van der Waals surface area contributed by atoms with Gasteiger partial charge in [0, 0.05) is 52.4 Å². The third kappa shape index (κ3) is 3.50. The predicted octanol–water partition coefficient (Wildman–Crippen LogP) is 4.66. The topological polar surface area (TPSA) is 91.3 Å². The Kier molecular flexibility index (Phi) is 5.52. The zero-order chi connectivity index (χ0) is 25.1. The van der Waals surface area contributed by atoms with Gasteiger partial charge in [-0.2, -0.15) is 5.26 Å². The molecule has 2 aromatic carbocycles. The van der Waals surface area contributed by atoms with Crippen LogP contribution in [0.3, 0.4) is 0 Å². The molecule has 2 aromatic heterocycles. The quantitative estimate of drug-likeness (QED) is 0.430. The molecule has 1 unspecified atom stereocenters. The Balaban J connectivity index is 1.57. The van der Waals surface area contributed by atoms with Crippen molar-refractivity contribution < 1.29 is 13.5 Å². The van der Waals surface area contributed by atoms with E-state index in [1.165, 1.54) is 17.4 Å². The molecule has 1 fully saturated rings. The van der Waals surface area contributed by atoms with Gasteiger partial charge in [0.25, 0.3) is 0 Å². The summed E-state index contributed by atoms with van der Waals surface area (Å²) in [6.45, 7) is 2.93. The molecule has 0 saturated carbocycles. The molecule has 7 nitrogen and oxygen atoms in total. The van der Waals surface area contributed by atoms with Crippen molar-refractivity contribution in [3.63, 3.8) is 0 Å². The Morgan fingerprint density at radius 1 is 1.25 bits per heavy atom. The number of halogens is 2. The number of ether oxygens (including phenoxy) is 1. The van der Waals surface area contributed by atoms with Crippen LogP contribution in [0.2, 0.25) is 0 Å². The average Bonchev–Trinajstić information content (AvgIpc) is 3.58. The predicted molar refractivity (Wildman–Crippen MR) is 137 cm³/mol. The Morgan fingerprint density at radius 2 is 2.06 bits per heavy atom. The summed E-state index contributed by atoms with van der Waals surface area (Å²) < 4.78 is 38.2. The van der Waals surface area contributed by atoms with E-state index in [1.54, 1.807) is 12.3 Å². The zero-order valence-electron chi connectivity index (χ0n) is 19.9. The number of nitriles is 1. The number of benzene rings is 2. The molecule has 0 amide bonds. The number of thiophene rings is 1. The van der Waals surface area contributed by atoms with E-state index in [-0.39, 0.29) is 40.4 Å². The van der Waals surface area contributed by atoms with Gasteiger partial charge >= 0.3 is 0 Å². The van der Waals surface area contributed by atoms with Gasteiger partial charge in [-0.15, -0.1) is 11.3 Å². The van der Waals surface area contributed by atoms with Crippen LogP contribution in [0.25, 0.3) is 32.1 Å². The first kappa shape index (κ1) is 23.0. The minimum atomic E-state index is -0.637. The van der Waals surface area contributed by atoms with Crippen LogP contribution in [-0.2, 0) is 18.0 Å². The molecule has 2 aliphatic rings. The molecular formula is C26H24F2N6OS. The smallest absolute Gasteiger partial charge is 0.225 e. The van der Waals surface area contributed by atoms with Crippen LogP contribution in [0.4, 0.5) is 19.7 Å².